The van der Waals surface area contributed by atoms with E-state index in [0.717, 1.165) is 54.3 Å². The van der Waals surface area contributed by atoms with E-state index in [9.17, 15) is 4.79 Å². The maximum atomic E-state index is 12.4. The summed E-state index contributed by atoms with van der Waals surface area (Å²) in [7, 11) is 0. The van der Waals surface area contributed by atoms with Gasteiger partial charge in [0.2, 0.25) is 5.91 Å². The van der Waals surface area contributed by atoms with Crippen LogP contribution in [0.5, 0.6) is 0 Å². The lowest BCUT2D eigenvalue weighted by atomic mass is 10.1. The van der Waals surface area contributed by atoms with Crippen molar-refractivity contribution in [2.45, 2.75) is 25.9 Å². The van der Waals surface area contributed by atoms with Gasteiger partial charge in [-0.15, -0.1) is 0 Å². The number of nitrogens with zero attached hydrogens (tertiary/aromatic N) is 3. The third-order valence-corrected chi connectivity index (χ3v) is 5.93. The Morgan fingerprint density at radius 1 is 1.00 bits per heavy atom. The molecule has 6 heteroatoms. The van der Waals surface area contributed by atoms with Crippen LogP contribution in [0.4, 0.5) is 11.4 Å². The molecule has 31 heavy (non-hydrogen) atoms. The molecule has 5 rings (SSSR count). The molecule has 2 heterocycles. The van der Waals surface area contributed by atoms with Crippen LogP contribution in [0.3, 0.4) is 0 Å². The Labute approximate surface area is 186 Å². The molecule has 4 aromatic rings. The minimum absolute atomic E-state index is 0.0262. The zero-order valence-electron chi connectivity index (χ0n) is 17.1. The van der Waals surface area contributed by atoms with E-state index in [0.29, 0.717) is 11.4 Å². The van der Waals surface area contributed by atoms with E-state index in [-0.39, 0.29) is 5.91 Å². The third-order valence-electron chi connectivity index (χ3n) is 5.69. The Morgan fingerprint density at radius 3 is 2.74 bits per heavy atom. The molecule has 0 radical (unpaired) electrons. The van der Waals surface area contributed by atoms with Crippen LogP contribution in [0.2, 0.25) is 5.02 Å². The number of hydrogen-bond acceptors (Lipinski definition) is 3. The first-order valence-electron chi connectivity index (χ1n) is 10.5. The van der Waals surface area contributed by atoms with Crippen molar-refractivity contribution in [3.63, 3.8) is 0 Å². The minimum atomic E-state index is 0.0262. The van der Waals surface area contributed by atoms with Crippen molar-refractivity contribution < 1.29 is 4.79 Å². The minimum Gasteiger partial charge on any atom is -0.362 e. The predicted octanol–water partition coefficient (Wildman–Crippen LogP) is 5.28. The fourth-order valence-corrected chi connectivity index (χ4v) is 4.29. The summed E-state index contributed by atoms with van der Waals surface area (Å²) in [5.74, 6) is 1.05. The van der Waals surface area contributed by atoms with Crippen LogP contribution in [0.25, 0.3) is 11.0 Å². The quantitative estimate of drug-likeness (QED) is 0.468. The van der Waals surface area contributed by atoms with Gasteiger partial charge in [0.1, 0.15) is 5.82 Å². The molecule has 0 unspecified atom stereocenters. The Morgan fingerprint density at radius 2 is 1.87 bits per heavy atom. The maximum absolute atomic E-state index is 12.4. The summed E-state index contributed by atoms with van der Waals surface area (Å²) in [5.41, 5.74) is 5.13. The summed E-state index contributed by atoms with van der Waals surface area (Å²) in [6.45, 7) is 2.46. The van der Waals surface area contributed by atoms with E-state index in [1.165, 1.54) is 5.56 Å². The number of rotatable bonds is 5. The molecule has 5 nitrogen and oxygen atoms in total. The number of nitrogens with one attached hydrogen (secondary N) is 1. The van der Waals surface area contributed by atoms with Gasteiger partial charge in [0.25, 0.3) is 0 Å². The lowest BCUT2D eigenvalue weighted by Crippen LogP contribution is -2.33. The highest BCUT2D eigenvalue weighted by atomic mass is 35.5. The molecule has 1 aliphatic heterocycles. The molecule has 3 aromatic carbocycles. The van der Waals surface area contributed by atoms with Crippen LogP contribution in [0.1, 0.15) is 17.8 Å². The average molecular weight is 431 g/mol. The van der Waals surface area contributed by atoms with E-state index in [4.69, 9.17) is 16.6 Å². The molecular formula is C25H23ClN4O. The second-order valence-electron chi connectivity index (χ2n) is 7.82. The topological polar surface area (TPSA) is 50.2 Å². The first-order valence-corrected chi connectivity index (χ1v) is 10.9. The molecule has 0 fully saturated rings. The number of fused-ring (bicyclic) bond motifs is 3. The van der Waals surface area contributed by atoms with Crippen molar-refractivity contribution in [1.82, 2.24) is 9.55 Å². The Balaban J connectivity index is 1.27. The van der Waals surface area contributed by atoms with E-state index in [2.05, 4.69) is 20.9 Å². The molecule has 0 aliphatic carbocycles. The standard InChI is InChI=1S/C25H23ClN4O/c26-19-10-11-23-22(15-19)28-24-17-29(13-14-30(23)24)21-8-4-7-20(16-21)27-25(31)12-9-18-5-2-1-3-6-18/h1-8,10-11,15-16H,9,12-14,17H2,(H,27,31). The normalized spacial score (nSPS) is 13.3. The molecule has 1 aliphatic rings. The lowest BCUT2D eigenvalue weighted by Gasteiger charge is -2.30. The highest BCUT2D eigenvalue weighted by Crippen LogP contribution is 2.27. The summed E-state index contributed by atoms with van der Waals surface area (Å²) in [4.78, 5) is 19.5. The van der Waals surface area contributed by atoms with Gasteiger partial charge in [0.15, 0.2) is 0 Å². The van der Waals surface area contributed by atoms with Crippen LogP contribution < -0.4 is 10.2 Å². The summed E-state index contributed by atoms with van der Waals surface area (Å²) < 4.78 is 2.26. The number of benzene rings is 3. The summed E-state index contributed by atoms with van der Waals surface area (Å²) in [6.07, 6.45) is 1.20. The number of hydrogen-bond donors (Lipinski definition) is 1. The van der Waals surface area contributed by atoms with Crippen LogP contribution in [0, 0.1) is 0 Å². The van der Waals surface area contributed by atoms with Crippen molar-refractivity contribution in [2.75, 3.05) is 16.8 Å². The van der Waals surface area contributed by atoms with Crippen LogP contribution >= 0.6 is 11.6 Å². The summed E-state index contributed by atoms with van der Waals surface area (Å²) in [6, 6.07) is 24.0. The average Bonchev–Trinajstić information content (AvgIpc) is 3.15. The van der Waals surface area contributed by atoms with Crippen molar-refractivity contribution in [1.29, 1.82) is 0 Å². The molecule has 1 N–H and O–H groups in total. The second kappa shape index (κ2) is 8.44. The van der Waals surface area contributed by atoms with Gasteiger partial charge in [0.05, 0.1) is 17.6 Å². The highest BCUT2D eigenvalue weighted by molar-refractivity contribution is 6.31. The van der Waals surface area contributed by atoms with Crippen molar-refractivity contribution in [2.24, 2.45) is 0 Å². The number of halogens is 1. The Bertz CT molecular complexity index is 1230. The Kier molecular flexibility index (Phi) is 5.35. The zero-order chi connectivity index (χ0) is 21.2. The zero-order valence-corrected chi connectivity index (χ0v) is 17.8. The first kappa shape index (κ1) is 19.6. The van der Waals surface area contributed by atoms with Gasteiger partial charge >= 0.3 is 0 Å². The number of aromatic nitrogens is 2. The fraction of sp³-hybridized carbons (Fsp3) is 0.200. The van der Waals surface area contributed by atoms with Gasteiger partial charge in [-0.25, -0.2) is 4.98 Å². The molecule has 0 spiro atoms. The molecule has 0 atom stereocenters. The van der Waals surface area contributed by atoms with E-state index in [1.54, 1.807) is 0 Å². The van der Waals surface area contributed by atoms with Gasteiger partial charge in [0, 0.05) is 35.9 Å². The second-order valence-corrected chi connectivity index (χ2v) is 8.25. The van der Waals surface area contributed by atoms with E-state index >= 15 is 0 Å². The van der Waals surface area contributed by atoms with Gasteiger partial charge in [-0.2, -0.15) is 0 Å². The molecular weight excluding hydrogens is 408 g/mol. The number of amides is 1. The Hall–Kier alpha value is -3.31. The number of imidazole rings is 1. The molecule has 0 bridgehead atoms. The van der Waals surface area contributed by atoms with E-state index in [1.807, 2.05) is 66.7 Å². The monoisotopic (exact) mass is 430 g/mol. The molecule has 1 aromatic heterocycles. The number of carbonyl (C=O) groups is 1. The van der Waals surface area contributed by atoms with Gasteiger partial charge in [-0.1, -0.05) is 48.0 Å². The van der Waals surface area contributed by atoms with Crippen LogP contribution in [-0.2, 0) is 24.3 Å². The van der Waals surface area contributed by atoms with Crippen molar-refractivity contribution >= 4 is 39.9 Å². The molecule has 156 valence electrons. The van der Waals surface area contributed by atoms with Crippen molar-refractivity contribution in [3.05, 3.63) is 89.2 Å². The third kappa shape index (κ3) is 4.28. The highest BCUT2D eigenvalue weighted by Gasteiger charge is 2.20. The number of aryl methyl sites for hydroxylation is 1. The van der Waals surface area contributed by atoms with Crippen LogP contribution in [0.15, 0.2) is 72.8 Å². The largest absolute Gasteiger partial charge is 0.362 e. The first-order chi connectivity index (χ1) is 15.2. The van der Waals surface area contributed by atoms with E-state index < -0.39 is 0 Å². The van der Waals surface area contributed by atoms with Gasteiger partial charge in [-0.05, 0) is 48.4 Å². The molecule has 0 saturated carbocycles. The summed E-state index contributed by atoms with van der Waals surface area (Å²) >= 11 is 6.13. The lowest BCUT2D eigenvalue weighted by molar-refractivity contribution is -0.116. The molecule has 0 saturated heterocycles. The van der Waals surface area contributed by atoms with Gasteiger partial charge < -0.3 is 14.8 Å². The number of carbonyl (C=O) groups excluding carboxylic acids is 1. The molecule has 1 amide bonds. The SMILES string of the molecule is O=C(CCc1ccccc1)Nc1cccc(N2CCn3c(nc4cc(Cl)ccc43)C2)c1. The smallest absolute Gasteiger partial charge is 0.224 e. The summed E-state index contributed by atoms with van der Waals surface area (Å²) in [5, 5.41) is 3.74. The van der Waals surface area contributed by atoms with Crippen molar-refractivity contribution in [3.8, 4) is 0 Å². The maximum Gasteiger partial charge on any atom is 0.224 e. The number of anilines is 2. The fourth-order valence-electron chi connectivity index (χ4n) is 4.12. The van der Waals surface area contributed by atoms with Crippen LogP contribution in [-0.4, -0.2) is 22.0 Å². The van der Waals surface area contributed by atoms with Gasteiger partial charge in [-0.3, -0.25) is 4.79 Å². The predicted molar refractivity (Wildman–Crippen MR) is 126 cm³/mol.